The van der Waals surface area contributed by atoms with Gasteiger partial charge in [0.25, 0.3) is 0 Å². The lowest BCUT2D eigenvalue weighted by Crippen LogP contribution is -2.31. The number of carboxylic acids is 1. The van der Waals surface area contributed by atoms with Gasteiger partial charge in [0.1, 0.15) is 5.75 Å². The molecule has 2 N–H and O–H groups in total. The molecule has 1 aromatic heterocycles. The van der Waals surface area contributed by atoms with Gasteiger partial charge in [0, 0.05) is 24.9 Å². The van der Waals surface area contributed by atoms with Crippen molar-refractivity contribution >= 4 is 11.9 Å². The van der Waals surface area contributed by atoms with E-state index in [9.17, 15) is 9.59 Å². The molecule has 2 rings (SSSR count). The maximum atomic E-state index is 11.8. The van der Waals surface area contributed by atoms with E-state index in [0.29, 0.717) is 43.9 Å². The number of nitrogens with one attached hydrogen (secondary N) is 1. The highest BCUT2D eigenvalue weighted by Crippen LogP contribution is 2.20. The molecule has 0 bridgehead atoms. The first-order valence-corrected chi connectivity index (χ1v) is 8.79. The first-order valence-electron chi connectivity index (χ1n) is 8.79. The van der Waals surface area contributed by atoms with Gasteiger partial charge in [-0.05, 0) is 51.0 Å². The summed E-state index contributed by atoms with van der Waals surface area (Å²) in [6, 6.07) is 7.34. The Labute approximate surface area is 157 Å². The molecule has 0 aliphatic carbocycles. The van der Waals surface area contributed by atoms with Crippen molar-refractivity contribution in [1.82, 2.24) is 15.5 Å². The van der Waals surface area contributed by atoms with Crippen molar-refractivity contribution in [3.05, 3.63) is 30.2 Å². The quantitative estimate of drug-likeness (QED) is 0.656. The molecule has 0 saturated carbocycles. The van der Waals surface area contributed by atoms with E-state index in [1.165, 1.54) is 0 Å². The van der Waals surface area contributed by atoms with E-state index in [2.05, 4.69) is 15.5 Å². The first kappa shape index (κ1) is 20.4. The maximum Gasteiger partial charge on any atom is 0.309 e. The predicted molar refractivity (Wildman–Crippen MR) is 98.3 cm³/mol. The summed E-state index contributed by atoms with van der Waals surface area (Å²) in [4.78, 5) is 27.2. The second-order valence-electron chi connectivity index (χ2n) is 6.88. The van der Waals surface area contributed by atoms with Crippen molar-refractivity contribution in [3.8, 4) is 17.1 Å². The fourth-order valence-corrected chi connectivity index (χ4v) is 2.32. The molecule has 0 atom stereocenters. The van der Waals surface area contributed by atoms with Crippen LogP contribution in [0.2, 0.25) is 0 Å². The summed E-state index contributed by atoms with van der Waals surface area (Å²) in [7, 11) is 1.60. The Morgan fingerprint density at radius 1 is 1.26 bits per heavy atom. The predicted octanol–water partition coefficient (Wildman–Crippen LogP) is 2.69. The van der Waals surface area contributed by atoms with Crippen LogP contribution >= 0.6 is 0 Å². The number of methoxy groups -OCH3 is 1. The summed E-state index contributed by atoms with van der Waals surface area (Å²) in [5.74, 6) is 0.723. The average molecular weight is 375 g/mol. The number of aromatic nitrogens is 2. The second kappa shape index (κ2) is 9.16. The molecule has 0 saturated heterocycles. The summed E-state index contributed by atoms with van der Waals surface area (Å²) >= 11 is 0. The van der Waals surface area contributed by atoms with Crippen LogP contribution in [-0.2, 0) is 16.0 Å². The number of ether oxygens (including phenoxy) is 1. The van der Waals surface area contributed by atoms with Crippen LogP contribution in [0.4, 0.5) is 0 Å². The number of aryl methyl sites for hydroxylation is 1. The minimum Gasteiger partial charge on any atom is -0.497 e. The fourth-order valence-electron chi connectivity index (χ4n) is 2.32. The number of carbonyl (C=O) groups is 2. The molecule has 8 heteroatoms. The molecule has 0 aliphatic rings. The van der Waals surface area contributed by atoms with Gasteiger partial charge in [-0.25, -0.2) is 0 Å². The van der Waals surface area contributed by atoms with Crippen LogP contribution in [0, 0.1) is 5.41 Å². The zero-order chi connectivity index (χ0) is 19.9. The molecular weight excluding hydrogens is 350 g/mol. The highest BCUT2D eigenvalue weighted by Gasteiger charge is 2.26. The van der Waals surface area contributed by atoms with E-state index in [1.54, 1.807) is 21.0 Å². The van der Waals surface area contributed by atoms with Crippen LogP contribution in [0.15, 0.2) is 28.8 Å². The lowest BCUT2D eigenvalue weighted by atomic mass is 9.90. The zero-order valence-corrected chi connectivity index (χ0v) is 15.8. The Bertz CT molecular complexity index is 768. The molecule has 0 unspecified atom stereocenters. The number of carboxylic acid groups (broad SMARTS) is 1. The molecule has 0 spiro atoms. The Balaban J connectivity index is 1.73. The monoisotopic (exact) mass is 375 g/mol. The Morgan fingerprint density at radius 2 is 1.96 bits per heavy atom. The van der Waals surface area contributed by atoms with Crippen molar-refractivity contribution in [3.63, 3.8) is 0 Å². The van der Waals surface area contributed by atoms with E-state index >= 15 is 0 Å². The van der Waals surface area contributed by atoms with Crippen LogP contribution < -0.4 is 10.1 Å². The Hall–Kier alpha value is -2.90. The second-order valence-corrected chi connectivity index (χ2v) is 6.88. The molecule has 1 amide bonds. The number of hydrogen-bond donors (Lipinski definition) is 2. The third-order valence-corrected chi connectivity index (χ3v) is 4.26. The molecule has 146 valence electrons. The van der Waals surface area contributed by atoms with Crippen LogP contribution in [0.3, 0.4) is 0 Å². The molecular formula is C19H25N3O5. The van der Waals surface area contributed by atoms with Gasteiger partial charge in [0.05, 0.1) is 12.5 Å². The number of carbonyl (C=O) groups excluding carboxylic acids is 1. The molecule has 0 radical (unpaired) electrons. The van der Waals surface area contributed by atoms with Crippen molar-refractivity contribution in [2.24, 2.45) is 5.41 Å². The maximum absolute atomic E-state index is 11.8. The lowest BCUT2D eigenvalue weighted by molar-refractivity contribution is -0.147. The van der Waals surface area contributed by atoms with E-state index < -0.39 is 11.4 Å². The van der Waals surface area contributed by atoms with Gasteiger partial charge in [0.15, 0.2) is 0 Å². The zero-order valence-electron chi connectivity index (χ0n) is 15.8. The molecule has 8 nitrogen and oxygen atoms in total. The SMILES string of the molecule is COc1ccc(-c2noc(CCCC(=O)NCCC(C)(C)C(=O)O)n2)cc1. The minimum atomic E-state index is -0.874. The van der Waals surface area contributed by atoms with Crippen LogP contribution in [-0.4, -0.2) is 40.8 Å². The third kappa shape index (κ3) is 6.09. The van der Waals surface area contributed by atoms with Crippen molar-refractivity contribution < 1.29 is 24.0 Å². The molecule has 1 aromatic carbocycles. The smallest absolute Gasteiger partial charge is 0.309 e. The Morgan fingerprint density at radius 3 is 2.59 bits per heavy atom. The third-order valence-electron chi connectivity index (χ3n) is 4.26. The first-order chi connectivity index (χ1) is 12.8. The lowest BCUT2D eigenvalue weighted by Gasteiger charge is -2.18. The molecule has 0 aliphatic heterocycles. The van der Waals surface area contributed by atoms with Crippen LogP contribution in [0.1, 0.15) is 39.0 Å². The molecule has 1 heterocycles. The number of amides is 1. The number of aliphatic carboxylic acids is 1. The van der Waals surface area contributed by atoms with Gasteiger partial charge in [-0.1, -0.05) is 5.16 Å². The summed E-state index contributed by atoms with van der Waals surface area (Å²) in [5.41, 5.74) is -0.0286. The van der Waals surface area contributed by atoms with E-state index in [0.717, 1.165) is 11.3 Å². The fraction of sp³-hybridized carbons (Fsp3) is 0.474. The topological polar surface area (TPSA) is 115 Å². The summed E-state index contributed by atoms with van der Waals surface area (Å²) in [5, 5.41) is 15.7. The summed E-state index contributed by atoms with van der Waals surface area (Å²) < 4.78 is 10.3. The van der Waals surface area contributed by atoms with Gasteiger partial charge in [-0.2, -0.15) is 4.98 Å². The van der Waals surface area contributed by atoms with Crippen LogP contribution in [0.25, 0.3) is 11.4 Å². The summed E-state index contributed by atoms with van der Waals surface area (Å²) in [6.45, 7) is 3.61. The van der Waals surface area contributed by atoms with Gasteiger partial charge in [0.2, 0.25) is 17.6 Å². The molecule has 0 fully saturated rings. The van der Waals surface area contributed by atoms with Gasteiger partial charge < -0.3 is 19.7 Å². The van der Waals surface area contributed by atoms with E-state index in [4.69, 9.17) is 14.4 Å². The normalized spacial score (nSPS) is 11.2. The number of nitrogens with zero attached hydrogens (tertiary/aromatic N) is 2. The Kier molecular flexibility index (Phi) is 6.92. The molecule has 27 heavy (non-hydrogen) atoms. The largest absolute Gasteiger partial charge is 0.497 e. The van der Waals surface area contributed by atoms with Gasteiger partial charge >= 0.3 is 5.97 Å². The van der Waals surface area contributed by atoms with Crippen molar-refractivity contribution in [2.75, 3.05) is 13.7 Å². The van der Waals surface area contributed by atoms with E-state index in [-0.39, 0.29) is 5.91 Å². The minimum absolute atomic E-state index is 0.119. The van der Waals surface area contributed by atoms with E-state index in [1.807, 2.05) is 24.3 Å². The standard InChI is InChI=1S/C19H25N3O5/c1-19(2,18(24)25)11-12-20-15(23)5-4-6-16-21-17(22-27-16)13-7-9-14(26-3)10-8-13/h7-10H,4-6,11-12H2,1-3H3,(H,20,23)(H,24,25). The van der Waals surface area contributed by atoms with Gasteiger partial charge in [-0.15, -0.1) is 0 Å². The number of hydrogen-bond acceptors (Lipinski definition) is 6. The summed E-state index contributed by atoms with van der Waals surface area (Å²) in [6.07, 6.45) is 1.76. The average Bonchev–Trinajstić information content (AvgIpc) is 3.10. The van der Waals surface area contributed by atoms with Gasteiger partial charge in [-0.3, -0.25) is 9.59 Å². The molecule has 2 aromatic rings. The highest BCUT2D eigenvalue weighted by molar-refractivity contribution is 5.76. The number of rotatable bonds is 10. The highest BCUT2D eigenvalue weighted by atomic mass is 16.5. The number of benzene rings is 1. The van der Waals surface area contributed by atoms with Crippen molar-refractivity contribution in [1.29, 1.82) is 0 Å². The van der Waals surface area contributed by atoms with Crippen LogP contribution in [0.5, 0.6) is 5.75 Å². The van der Waals surface area contributed by atoms with Crippen molar-refractivity contribution in [2.45, 2.75) is 39.5 Å².